The molecule has 112 heavy (non-hydrogen) atoms. The lowest BCUT2D eigenvalue weighted by Crippen LogP contribution is -2.32. The van der Waals surface area contributed by atoms with Gasteiger partial charge in [0.2, 0.25) is 0 Å². The van der Waals surface area contributed by atoms with Crippen molar-refractivity contribution < 1.29 is 0 Å². The minimum Gasteiger partial charge on any atom is -0.208 e. The average Bonchev–Trinajstić information content (AvgIpc) is 1.50. The summed E-state index contributed by atoms with van der Waals surface area (Å²) < 4.78 is 0. The summed E-state index contributed by atoms with van der Waals surface area (Å²) in [7, 11) is 0. The topological polar surface area (TPSA) is 77.3 Å². The number of nitrogens with zero attached hydrogens (tertiary/aromatic N) is 6. The van der Waals surface area contributed by atoms with Crippen LogP contribution in [0.1, 0.15) is 44.5 Å². The quantitative estimate of drug-likeness (QED) is 0.127. The largest absolute Gasteiger partial charge is 0.208 e. The second-order valence-electron chi connectivity index (χ2n) is 29.1. The fraction of sp³-hybridized carbons (Fsp3) is 0.0192. The van der Waals surface area contributed by atoms with Gasteiger partial charge in [0.15, 0.2) is 34.9 Å². The van der Waals surface area contributed by atoms with Crippen LogP contribution in [0.5, 0.6) is 0 Å². The molecule has 4 heterocycles. The highest BCUT2D eigenvalue weighted by atomic mass is 32.2. The Hall–Kier alpha value is -13.8. The molecule has 0 saturated heterocycles. The standard InChI is InChI=1S/C104H64N6S2/c1-4-24-67(25-5-1)97-105-98(68-26-6-2-7-27-68)107-100(106-97)78-35-21-30-70(59-78)65-48-50-66(51-49-65)75-52-55-95-91(62-75)104(87-44-16-12-40-83(87)84-41-13-17-45-88(84)104)92-64-77(54-57-96(92)112-95)74-34-23-37-80(61-74)102-109-99(69-28-8-3-9-29-69)108-101(110-102)79-36-22-33-73(60-79)71-31-20-32-72(58-71)76-53-56-94-90(63-76)103(89-46-18-19-47-93(89)111-94)85-42-14-10-38-81(85)82-39-11-15-43-86(82)103/h1-64H. The van der Waals surface area contributed by atoms with E-state index in [1.807, 2.05) is 102 Å². The van der Waals surface area contributed by atoms with Gasteiger partial charge < -0.3 is 0 Å². The van der Waals surface area contributed by atoms with Crippen molar-refractivity contribution in [3.63, 3.8) is 0 Å². The molecule has 18 aromatic rings. The molecule has 0 radical (unpaired) electrons. The maximum absolute atomic E-state index is 5.42. The van der Waals surface area contributed by atoms with Crippen molar-refractivity contribution in [2.75, 3.05) is 0 Å². The molecule has 0 atom stereocenters. The van der Waals surface area contributed by atoms with Gasteiger partial charge in [0.05, 0.1) is 10.8 Å². The van der Waals surface area contributed by atoms with Gasteiger partial charge in [-0.25, -0.2) is 29.9 Å². The van der Waals surface area contributed by atoms with Crippen LogP contribution in [-0.2, 0) is 10.8 Å². The monoisotopic (exact) mass is 1460 g/mol. The zero-order valence-corrected chi connectivity index (χ0v) is 62.1. The molecule has 522 valence electrons. The SMILES string of the molecule is c1ccc(-c2nc(-c3ccccc3)nc(-c3cccc(-c4ccc(-c5ccc6c(c5)C5(c7cc(-c8cccc(-c9nc(-c%10ccccc%10)nc(-c%10cccc(-c%11cccc(-c%12ccc%13c(c%12)C%12(c%14ccccc%14S%13)c%13ccccc%13-c%13ccccc%13%12)c%11)c%10)n9)c8)ccc7S6)c6ccccc6-c6ccccc65)cc4)c3)n2)cc1. The number of hydrogen-bond donors (Lipinski definition) is 0. The van der Waals surface area contributed by atoms with Gasteiger partial charge in [0, 0.05) is 53.0 Å². The Labute approximate surface area is 658 Å². The maximum atomic E-state index is 5.42. The molecular formula is C104H64N6S2. The van der Waals surface area contributed by atoms with Crippen molar-refractivity contribution in [3.8, 4) is 146 Å². The zero-order valence-electron chi connectivity index (χ0n) is 60.5. The lowest BCUT2D eigenvalue weighted by atomic mass is 9.66. The molecule has 16 aromatic carbocycles. The number of rotatable bonds is 11. The summed E-state index contributed by atoms with van der Waals surface area (Å²) in [5, 5.41) is 0. The van der Waals surface area contributed by atoms with Gasteiger partial charge in [-0.15, -0.1) is 0 Å². The molecule has 0 saturated carbocycles. The summed E-state index contributed by atoms with van der Waals surface area (Å²) in [6.45, 7) is 0. The van der Waals surface area contributed by atoms with E-state index in [0.29, 0.717) is 34.9 Å². The van der Waals surface area contributed by atoms with Crippen molar-refractivity contribution in [1.82, 2.24) is 29.9 Å². The summed E-state index contributed by atoms with van der Waals surface area (Å²) in [5.41, 5.74) is 31.0. The molecule has 0 fully saturated rings. The van der Waals surface area contributed by atoms with E-state index in [1.165, 1.54) is 91.9 Å². The molecule has 8 heteroatoms. The average molecular weight is 1460 g/mol. The Morgan fingerprint density at radius 3 is 0.696 bits per heavy atom. The predicted molar refractivity (Wildman–Crippen MR) is 456 cm³/mol. The first-order valence-electron chi connectivity index (χ1n) is 37.9. The van der Waals surface area contributed by atoms with Gasteiger partial charge in [-0.05, 0) is 189 Å². The highest BCUT2D eigenvalue weighted by molar-refractivity contribution is 7.99. The van der Waals surface area contributed by atoms with E-state index in [2.05, 4.69) is 309 Å². The third kappa shape index (κ3) is 10.7. The Bertz CT molecular complexity index is 6690. The van der Waals surface area contributed by atoms with Gasteiger partial charge in [0.1, 0.15) is 0 Å². The van der Waals surface area contributed by atoms with Crippen molar-refractivity contribution in [2.24, 2.45) is 0 Å². The highest BCUT2D eigenvalue weighted by Crippen LogP contribution is 2.65. The van der Waals surface area contributed by atoms with Crippen molar-refractivity contribution in [1.29, 1.82) is 0 Å². The first-order chi connectivity index (χ1) is 55.4. The van der Waals surface area contributed by atoms with Crippen molar-refractivity contribution in [2.45, 2.75) is 30.4 Å². The van der Waals surface area contributed by atoms with Crippen LogP contribution in [0.25, 0.3) is 146 Å². The van der Waals surface area contributed by atoms with Crippen molar-refractivity contribution in [3.05, 3.63) is 433 Å². The lowest BCUT2D eigenvalue weighted by molar-refractivity contribution is 0.723. The molecule has 22 rings (SSSR count). The molecule has 6 nitrogen and oxygen atoms in total. The smallest absolute Gasteiger partial charge is 0.164 e. The molecule has 0 bridgehead atoms. The molecule has 2 spiro atoms. The number of aromatic nitrogens is 6. The van der Waals surface area contributed by atoms with E-state index in [0.717, 1.165) is 83.5 Å². The van der Waals surface area contributed by atoms with E-state index in [9.17, 15) is 0 Å². The Morgan fingerprint density at radius 2 is 0.357 bits per heavy atom. The minimum atomic E-state index is -0.639. The summed E-state index contributed by atoms with van der Waals surface area (Å²) >= 11 is 3.73. The summed E-state index contributed by atoms with van der Waals surface area (Å²) in [5.74, 6) is 3.69. The molecule has 2 aliphatic carbocycles. The van der Waals surface area contributed by atoms with E-state index < -0.39 is 10.8 Å². The first-order valence-corrected chi connectivity index (χ1v) is 39.6. The third-order valence-corrected chi connectivity index (χ3v) is 25.2. The van der Waals surface area contributed by atoms with Crippen LogP contribution in [0.4, 0.5) is 0 Å². The second kappa shape index (κ2) is 26.5. The van der Waals surface area contributed by atoms with Gasteiger partial charge >= 0.3 is 0 Å². The van der Waals surface area contributed by atoms with Crippen LogP contribution in [0.2, 0.25) is 0 Å². The van der Waals surface area contributed by atoms with Gasteiger partial charge in [-0.2, -0.15) is 0 Å². The van der Waals surface area contributed by atoms with E-state index in [-0.39, 0.29) is 0 Å². The highest BCUT2D eigenvalue weighted by Gasteiger charge is 2.52. The Kier molecular flexibility index (Phi) is 15.5. The summed E-state index contributed by atoms with van der Waals surface area (Å²) in [6.07, 6.45) is 0. The van der Waals surface area contributed by atoms with Crippen LogP contribution < -0.4 is 0 Å². The minimum absolute atomic E-state index is 0.464. The van der Waals surface area contributed by atoms with Crippen molar-refractivity contribution >= 4 is 23.5 Å². The summed E-state index contributed by atoms with van der Waals surface area (Å²) in [4.78, 5) is 36.1. The lowest BCUT2D eigenvalue weighted by Gasteiger charge is -2.40. The van der Waals surface area contributed by atoms with Crippen LogP contribution in [-0.4, -0.2) is 29.9 Å². The molecule has 0 unspecified atom stereocenters. The van der Waals surface area contributed by atoms with Crippen LogP contribution >= 0.6 is 23.5 Å². The third-order valence-electron chi connectivity index (χ3n) is 22.9. The molecule has 4 aliphatic rings. The fourth-order valence-electron chi connectivity index (χ4n) is 17.8. The predicted octanol–water partition coefficient (Wildman–Crippen LogP) is 26.0. The molecule has 0 N–H and O–H groups in total. The number of hydrogen-bond acceptors (Lipinski definition) is 8. The molecule has 2 aromatic heterocycles. The van der Waals surface area contributed by atoms with Crippen LogP contribution in [0.3, 0.4) is 0 Å². The second-order valence-corrected chi connectivity index (χ2v) is 31.3. The number of fused-ring (bicyclic) bond motifs is 18. The Balaban J connectivity index is 0.603. The van der Waals surface area contributed by atoms with Gasteiger partial charge in [0.25, 0.3) is 0 Å². The maximum Gasteiger partial charge on any atom is 0.164 e. The summed E-state index contributed by atoms with van der Waals surface area (Å²) in [6, 6.07) is 141. The molecule has 0 amide bonds. The van der Waals surface area contributed by atoms with E-state index in [4.69, 9.17) is 29.9 Å². The van der Waals surface area contributed by atoms with Gasteiger partial charge in [-0.1, -0.05) is 345 Å². The van der Waals surface area contributed by atoms with Crippen LogP contribution in [0.15, 0.2) is 408 Å². The van der Waals surface area contributed by atoms with E-state index in [1.54, 1.807) is 0 Å². The molecule has 2 aliphatic heterocycles. The first kappa shape index (κ1) is 65.3. The van der Waals surface area contributed by atoms with E-state index >= 15 is 0 Å². The fourth-order valence-corrected chi connectivity index (χ4v) is 20.2. The zero-order chi connectivity index (χ0) is 73.9. The Morgan fingerprint density at radius 1 is 0.143 bits per heavy atom. The molecular weight excluding hydrogens is 1400 g/mol. The normalized spacial score (nSPS) is 13.2. The number of benzene rings is 16. The van der Waals surface area contributed by atoms with Gasteiger partial charge in [-0.3, -0.25) is 0 Å². The van der Waals surface area contributed by atoms with Crippen LogP contribution in [0, 0.1) is 0 Å².